The molecule has 4 nitrogen and oxygen atoms in total. The maximum atomic E-state index is 10.1. The van der Waals surface area contributed by atoms with Crippen LogP contribution < -0.4 is 5.73 Å². The summed E-state index contributed by atoms with van der Waals surface area (Å²) >= 11 is 0. The molecule has 16 heavy (non-hydrogen) atoms. The van der Waals surface area contributed by atoms with E-state index in [9.17, 15) is 5.11 Å². The lowest BCUT2D eigenvalue weighted by Gasteiger charge is -2.28. The molecule has 1 unspecified atom stereocenters. The molecule has 88 valence electrons. The number of rotatable bonds is 3. The number of hydroxylamine groups is 2. The summed E-state index contributed by atoms with van der Waals surface area (Å²) in [7, 11) is 0. The number of nitrogens with two attached hydrogens (primary N) is 1. The van der Waals surface area contributed by atoms with Crippen molar-refractivity contribution in [3.63, 3.8) is 0 Å². The van der Waals surface area contributed by atoms with E-state index in [1.807, 2.05) is 23.3 Å². The molecule has 1 aliphatic rings. The van der Waals surface area contributed by atoms with Gasteiger partial charge in [-0.05, 0) is 18.9 Å². The van der Waals surface area contributed by atoms with Crippen LogP contribution in [0.25, 0.3) is 0 Å². The summed E-state index contributed by atoms with van der Waals surface area (Å²) in [4.78, 5) is 5.44. The third-order valence-corrected chi connectivity index (χ3v) is 2.81. The predicted molar refractivity (Wildman–Crippen MR) is 62.6 cm³/mol. The number of para-hydroxylation sites is 1. The zero-order valence-corrected chi connectivity index (χ0v) is 9.30. The Balaban J connectivity index is 1.96. The number of anilines is 1. The summed E-state index contributed by atoms with van der Waals surface area (Å²) in [6, 6.07) is 7.40. The van der Waals surface area contributed by atoms with Gasteiger partial charge in [-0.2, -0.15) is 5.06 Å². The molecule has 0 saturated carbocycles. The van der Waals surface area contributed by atoms with Gasteiger partial charge in [0.1, 0.15) is 0 Å². The van der Waals surface area contributed by atoms with Gasteiger partial charge in [0.25, 0.3) is 0 Å². The van der Waals surface area contributed by atoms with Crippen molar-refractivity contribution in [1.82, 2.24) is 5.06 Å². The Morgan fingerprint density at radius 3 is 2.88 bits per heavy atom. The minimum Gasteiger partial charge on any atom is -0.398 e. The maximum absolute atomic E-state index is 10.1. The topological polar surface area (TPSA) is 58.7 Å². The lowest BCUT2D eigenvalue weighted by Crippen LogP contribution is -2.33. The molecule has 1 aromatic carbocycles. The molecule has 0 aliphatic carbocycles. The molecule has 1 heterocycles. The molecule has 1 aromatic rings. The summed E-state index contributed by atoms with van der Waals surface area (Å²) < 4.78 is 0. The minimum atomic E-state index is -0.584. The maximum Gasteiger partial charge on any atom is 0.0960 e. The first-order chi connectivity index (χ1) is 7.77. The highest BCUT2D eigenvalue weighted by Gasteiger charge is 2.17. The van der Waals surface area contributed by atoms with Crippen molar-refractivity contribution in [3.8, 4) is 0 Å². The molecule has 0 spiro atoms. The Labute approximate surface area is 95.6 Å². The second kappa shape index (κ2) is 5.30. The van der Waals surface area contributed by atoms with Crippen LogP contribution in [0.3, 0.4) is 0 Å². The van der Waals surface area contributed by atoms with Gasteiger partial charge < -0.3 is 10.8 Å². The zero-order chi connectivity index (χ0) is 11.4. The van der Waals surface area contributed by atoms with Crippen LogP contribution in [0.5, 0.6) is 0 Å². The first-order valence-corrected chi connectivity index (χ1v) is 5.67. The van der Waals surface area contributed by atoms with E-state index in [0.717, 1.165) is 31.6 Å². The summed E-state index contributed by atoms with van der Waals surface area (Å²) in [5.74, 6) is 0. The molecule has 2 rings (SSSR count). The monoisotopic (exact) mass is 222 g/mol. The van der Waals surface area contributed by atoms with E-state index < -0.39 is 6.10 Å². The predicted octanol–water partition coefficient (Wildman–Crippen LogP) is 1.33. The highest BCUT2D eigenvalue weighted by atomic mass is 16.7. The summed E-state index contributed by atoms with van der Waals surface area (Å²) in [5.41, 5.74) is 7.21. The van der Waals surface area contributed by atoms with Gasteiger partial charge in [0.05, 0.1) is 19.3 Å². The minimum absolute atomic E-state index is 0.480. The van der Waals surface area contributed by atoms with E-state index in [0.29, 0.717) is 12.2 Å². The number of hydrogen-bond donors (Lipinski definition) is 2. The number of nitrogen functional groups attached to an aromatic ring is 1. The number of β-amino-alcohol motifs (C(OH)–C–C–N with tert-alkyl or cyclic N) is 1. The van der Waals surface area contributed by atoms with Crippen molar-refractivity contribution in [3.05, 3.63) is 29.8 Å². The fourth-order valence-electron chi connectivity index (χ4n) is 1.90. The molecule has 1 atom stereocenters. The molecule has 0 amide bonds. The largest absolute Gasteiger partial charge is 0.398 e. The quantitative estimate of drug-likeness (QED) is 0.757. The average molecular weight is 222 g/mol. The lowest BCUT2D eigenvalue weighted by atomic mass is 10.1. The third kappa shape index (κ3) is 2.72. The van der Waals surface area contributed by atoms with Gasteiger partial charge in [-0.3, -0.25) is 4.84 Å². The summed E-state index contributed by atoms with van der Waals surface area (Å²) in [6.45, 7) is 2.11. The summed E-state index contributed by atoms with van der Waals surface area (Å²) in [5, 5.41) is 11.9. The van der Waals surface area contributed by atoms with Crippen molar-refractivity contribution < 1.29 is 9.94 Å². The van der Waals surface area contributed by atoms with Gasteiger partial charge in [-0.15, -0.1) is 0 Å². The van der Waals surface area contributed by atoms with Crippen LogP contribution in [0.15, 0.2) is 24.3 Å². The van der Waals surface area contributed by atoms with Crippen molar-refractivity contribution in [2.75, 3.05) is 25.4 Å². The smallest absolute Gasteiger partial charge is 0.0960 e. The number of aliphatic hydroxyl groups is 1. The standard InChI is InChI=1S/C12H18N2O2/c13-11-6-2-1-5-10(11)12(15)9-14-7-3-4-8-16-14/h1-2,5-6,12,15H,3-4,7-9,13H2. The van der Waals surface area contributed by atoms with Crippen LogP contribution in [0, 0.1) is 0 Å². The van der Waals surface area contributed by atoms with Gasteiger partial charge in [0.15, 0.2) is 0 Å². The van der Waals surface area contributed by atoms with Gasteiger partial charge in [0.2, 0.25) is 0 Å². The van der Waals surface area contributed by atoms with Crippen molar-refractivity contribution in [1.29, 1.82) is 0 Å². The Hall–Kier alpha value is -1.10. The molecule has 1 aliphatic heterocycles. The summed E-state index contributed by atoms with van der Waals surface area (Å²) in [6.07, 6.45) is 1.64. The molecule has 1 fully saturated rings. The SMILES string of the molecule is Nc1ccccc1C(O)CN1CCCCO1. The average Bonchev–Trinajstić information content (AvgIpc) is 2.31. The first-order valence-electron chi connectivity index (χ1n) is 5.67. The van der Waals surface area contributed by atoms with Crippen LogP contribution in [0.1, 0.15) is 24.5 Å². The van der Waals surface area contributed by atoms with Crippen LogP contribution in [0.4, 0.5) is 5.69 Å². The lowest BCUT2D eigenvalue weighted by molar-refractivity contribution is -0.193. The van der Waals surface area contributed by atoms with Crippen LogP contribution in [-0.2, 0) is 4.84 Å². The van der Waals surface area contributed by atoms with E-state index in [2.05, 4.69) is 0 Å². The van der Waals surface area contributed by atoms with E-state index in [4.69, 9.17) is 10.6 Å². The molecular formula is C12H18N2O2. The molecular weight excluding hydrogens is 204 g/mol. The zero-order valence-electron chi connectivity index (χ0n) is 9.30. The van der Waals surface area contributed by atoms with Crippen molar-refractivity contribution >= 4 is 5.69 Å². The molecule has 4 heteroatoms. The molecule has 3 N–H and O–H groups in total. The molecule has 0 radical (unpaired) electrons. The number of nitrogens with zero attached hydrogens (tertiary/aromatic N) is 1. The normalized spacial score (nSPS) is 19.6. The van der Waals surface area contributed by atoms with E-state index in [1.54, 1.807) is 6.07 Å². The first kappa shape index (κ1) is 11.4. The molecule has 0 aromatic heterocycles. The number of benzene rings is 1. The van der Waals surface area contributed by atoms with Gasteiger partial charge in [-0.1, -0.05) is 18.2 Å². The second-order valence-electron chi connectivity index (χ2n) is 4.07. The van der Waals surface area contributed by atoms with Crippen molar-refractivity contribution in [2.45, 2.75) is 18.9 Å². The third-order valence-electron chi connectivity index (χ3n) is 2.81. The number of hydrogen-bond acceptors (Lipinski definition) is 4. The van der Waals surface area contributed by atoms with Crippen LogP contribution >= 0.6 is 0 Å². The number of aliphatic hydroxyl groups excluding tert-OH is 1. The Kier molecular flexibility index (Phi) is 3.77. The molecule has 1 saturated heterocycles. The fraction of sp³-hybridized carbons (Fsp3) is 0.500. The van der Waals surface area contributed by atoms with Crippen LogP contribution in [-0.4, -0.2) is 29.9 Å². The highest BCUT2D eigenvalue weighted by Crippen LogP contribution is 2.21. The van der Waals surface area contributed by atoms with Gasteiger partial charge >= 0.3 is 0 Å². The Morgan fingerprint density at radius 2 is 2.19 bits per heavy atom. The van der Waals surface area contributed by atoms with Crippen LogP contribution in [0.2, 0.25) is 0 Å². The fourth-order valence-corrected chi connectivity index (χ4v) is 1.90. The Bertz CT molecular complexity index is 338. The van der Waals surface area contributed by atoms with Crippen molar-refractivity contribution in [2.24, 2.45) is 0 Å². The van der Waals surface area contributed by atoms with E-state index in [1.165, 1.54) is 0 Å². The van der Waals surface area contributed by atoms with Gasteiger partial charge in [-0.25, -0.2) is 0 Å². The molecule has 0 bridgehead atoms. The Morgan fingerprint density at radius 1 is 1.38 bits per heavy atom. The van der Waals surface area contributed by atoms with Gasteiger partial charge in [0, 0.05) is 17.8 Å². The highest BCUT2D eigenvalue weighted by molar-refractivity contribution is 5.47. The second-order valence-corrected chi connectivity index (χ2v) is 4.07. The van der Waals surface area contributed by atoms with E-state index in [-0.39, 0.29) is 0 Å². The van der Waals surface area contributed by atoms with E-state index >= 15 is 0 Å².